The van der Waals surface area contributed by atoms with Gasteiger partial charge in [0.1, 0.15) is 11.8 Å². The lowest BCUT2D eigenvalue weighted by Gasteiger charge is -2.18. The van der Waals surface area contributed by atoms with E-state index in [-0.39, 0.29) is 23.8 Å². The lowest BCUT2D eigenvalue weighted by Crippen LogP contribution is -2.45. The van der Waals surface area contributed by atoms with Crippen molar-refractivity contribution >= 4 is 29.5 Å². The highest BCUT2D eigenvalue weighted by Gasteiger charge is 2.17. The SMILES string of the molecule is CCC(=O)Nc1ccc(C(C)NC(=O)C(C)NC(=O)/C=C/c2ccc(OC)cc2)cc1. The lowest BCUT2D eigenvalue weighted by molar-refractivity contribution is -0.127. The molecule has 0 fully saturated rings. The Balaban J connectivity index is 1.85. The molecule has 0 aliphatic rings. The van der Waals surface area contributed by atoms with Gasteiger partial charge in [-0.15, -0.1) is 0 Å². The molecule has 0 saturated carbocycles. The number of carbonyl (C=O) groups is 3. The minimum atomic E-state index is -0.696. The van der Waals surface area contributed by atoms with Crippen LogP contribution in [0.3, 0.4) is 0 Å². The Hall–Kier alpha value is -3.61. The Labute approximate surface area is 182 Å². The summed E-state index contributed by atoms with van der Waals surface area (Å²) in [5.74, 6) is 0.0327. The highest BCUT2D eigenvalue weighted by Crippen LogP contribution is 2.16. The van der Waals surface area contributed by atoms with Crippen LogP contribution in [-0.2, 0) is 14.4 Å². The van der Waals surface area contributed by atoms with Crippen LogP contribution < -0.4 is 20.7 Å². The van der Waals surface area contributed by atoms with Gasteiger partial charge in [-0.3, -0.25) is 14.4 Å². The van der Waals surface area contributed by atoms with Crippen molar-refractivity contribution in [2.75, 3.05) is 12.4 Å². The molecule has 2 rings (SSSR count). The number of anilines is 1. The van der Waals surface area contributed by atoms with Crippen LogP contribution >= 0.6 is 0 Å². The first-order chi connectivity index (χ1) is 14.8. The second-order valence-electron chi connectivity index (χ2n) is 7.09. The highest BCUT2D eigenvalue weighted by atomic mass is 16.5. The summed E-state index contributed by atoms with van der Waals surface area (Å²) in [4.78, 5) is 36.0. The molecule has 3 amide bonds. The number of amides is 3. The second-order valence-corrected chi connectivity index (χ2v) is 7.09. The number of carbonyl (C=O) groups excluding carboxylic acids is 3. The van der Waals surface area contributed by atoms with Crippen LogP contribution in [0.15, 0.2) is 54.6 Å². The molecular formula is C24H29N3O4. The van der Waals surface area contributed by atoms with E-state index in [9.17, 15) is 14.4 Å². The van der Waals surface area contributed by atoms with Crippen molar-refractivity contribution in [2.24, 2.45) is 0 Å². The van der Waals surface area contributed by atoms with Crippen molar-refractivity contribution < 1.29 is 19.1 Å². The van der Waals surface area contributed by atoms with E-state index in [1.54, 1.807) is 51.3 Å². The Kier molecular flexibility index (Phi) is 8.81. The maximum atomic E-state index is 12.4. The van der Waals surface area contributed by atoms with Crippen molar-refractivity contribution in [1.29, 1.82) is 0 Å². The zero-order chi connectivity index (χ0) is 22.8. The van der Waals surface area contributed by atoms with Crippen LogP contribution in [0.1, 0.15) is 44.4 Å². The monoisotopic (exact) mass is 423 g/mol. The van der Waals surface area contributed by atoms with Crippen LogP contribution in [-0.4, -0.2) is 30.9 Å². The summed E-state index contributed by atoms with van der Waals surface area (Å²) in [6, 6.07) is 13.6. The van der Waals surface area contributed by atoms with Gasteiger partial charge in [0.05, 0.1) is 13.2 Å². The molecule has 0 aliphatic carbocycles. The lowest BCUT2D eigenvalue weighted by atomic mass is 10.1. The zero-order valence-electron chi connectivity index (χ0n) is 18.3. The summed E-state index contributed by atoms with van der Waals surface area (Å²) < 4.78 is 5.10. The summed E-state index contributed by atoms with van der Waals surface area (Å²) in [5.41, 5.74) is 2.44. The van der Waals surface area contributed by atoms with Gasteiger partial charge in [-0.1, -0.05) is 31.2 Å². The van der Waals surface area contributed by atoms with Crippen LogP contribution in [0.2, 0.25) is 0 Å². The van der Waals surface area contributed by atoms with Gasteiger partial charge in [-0.2, -0.15) is 0 Å². The largest absolute Gasteiger partial charge is 0.497 e. The van der Waals surface area contributed by atoms with Crippen molar-refractivity contribution in [3.63, 3.8) is 0 Å². The van der Waals surface area contributed by atoms with E-state index < -0.39 is 6.04 Å². The minimum absolute atomic E-state index is 0.0558. The Morgan fingerprint density at radius 3 is 2.19 bits per heavy atom. The summed E-state index contributed by atoms with van der Waals surface area (Å²) in [6.07, 6.45) is 3.46. The normalized spacial score (nSPS) is 12.6. The van der Waals surface area contributed by atoms with Gasteiger partial charge in [0.15, 0.2) is 0 Å². The number of benzene rings is 2. The smallest absolute Gasteiger partial charge is 0.244 e. The van der Waals surface area contributed by atoms with Crippen molar-refractivity contribution in [3.8, 4) is 5.75 Å². The first kappa shape index (κ1) is 23.7. The number of ether oxygens (including phenoxy) is 1. The average Bonchev–Trinajstić information content (AvgIpc) is 2.78. The van der Waals surface area contributed by atoms with Gasteiger partial charge in [-0.25, -0.2) is 0 Å². The Bertz CT molecular complexity index is 921. The molecule has 0 aliphatic heterocycles. The molecule has 0 bridgehead atoms. The van der Waals surface area contributed by atoms with Gasteiger partial charge >= 0.3 is 0 Å². The number of hydrogen-bond acceptors (Lipinski definition) is 4. The molecule has 2 unspecified atom stereocenters. The number of nitrogens with one attached hydrogen (secondary N) is 3. The highest BCUT2D eigenvalue weighted by molar-refractivity contribution is 5.95. The minimum Gasteiger partial charge on any atom is -0.497 e. The molecule has 31 heavy (non-hydrogen) atoms. The maximum Gasteiger partial charge on any atom is 0.244 e. The fourth-order valence-electron chi connectivity index (χ4n) is 2.74. The number of methoxy groups -OCH3 is 1. The van der Waals surface area contributed by atoms with Crippen molar-refractivity contribution in [3.05, 3.63) is 65.7 Å². The van der Waals surface area contributed by atoms with E-state index in [1.165, 1.54) is 6.08 Å². The van der Waals surface area contributed by atoms with E-state index in [4.69, 9.17) is 4.74 Å². The molecule has 7 heteroatoms. The standard InChI is InChI=1S/C24H29N3O4/c1-5-22(28)27-20-11-9-19(10-12-20)16(2)26-24(30)17(3)25-23(29)15-8-18-6-13-21(31-4)14-7-18/h6-17H,5H2,1-4H3,(H,25,29)(H,26,30)(H,27,28)/b15-8+. The Morgan fingerprint density at radius 1 is 0.968 bits per heavy atom. The topological polar surface area (TPSA) is 96.5 Å². The van der Waals surface area contributed by atoms with Gasteiger partial charge in [-0.05, 0) is 55.3 Å². The van der Waals surface area contributed by atoms with Crippen molar-refractivity contribution in [2.45, 2.75) is 39.3 Å². The first-order valence-corrected chi connectivity index (χ1v) is 10.1. The molecule has 2 atom stereocenters. The Morgan fingerprint density at radius 2 is 1.61 bits per heavy atom. The predicted molar refractivity (Wildman–Crippen MR) is 122 cm³/mol. The quantitative estimate of drug-likeness (QED) is 0.538. The summed E-state index contributed by atoms with van der Waals surface area (Å²) in [5, 5.41) is 8.32. The maximum absolute atomic E-state index is 12.4. The van der Waals surface area contributed by atoms with Crippen LogP contribution in [0.25, 0.3) is 6.08 Å². The molecular weight excluding hydrogens is 394 g/mol. The van der Waals surface area contributed by atoms with E-state index in [1.807, 2.05) is 31.2 Å². The molecule has 2 aromatic carbocycles. The van der Waals surface area contributed by atoms with Crippen LogP contribution in [0, 0.1) is 0 Å². The molecule has 0 heterocycles. The van der Waals surface area contributed by atoms with Gasteiger partial charge in [0.2, 0.25) is 17.7 Å². The van der Waals surface area contributed by atoms with E-state index in [2.05, 4.69) is 16.0 Å². The molecule has 0 radical (unpaired) electrons. The van der Waals surface area contributed by atoms with Gasteiger partial charge in [0, 0.05) is 18.2 Å². The summed E-state index contributed by atoms with van der Waals surface area (Å²) in [7, 11) is 1.59. The molecule has 7 nitrogen and oxygen atoms in total. The van der Waals surface area contributed by atoms with Gasteiger partial charge in [0.25, 0.3) is 0 Å². The van der Waals surface area contributed by atoms with E-state index >= 15 is 0 Å². The van der Waals surface area contributed by atoms with E-state index in [0.717, 1.165) is 16.9 Å². The average molecular weight is 424 g/mol. The van der Waals surface area contributed by atoms with E-state index in [0.29, 0.717) is 12.1 Å². The molecule has 0 saturated heterocycles. The summed E-state index contributed by atoms with van der Waals surface area (Å²) in [6.45, 7) is 5.27. The van der Waals surface area contributed by atoms with Crippen molar-refractivity contribution in [1.82, 2.24) is 10.6 Å². The fourth-order valence-corrected chi connectivity index (χ4v) is 2.74. The third-order valence-corrected chi connectivity index (χ3v) is 4.67. The van der Waals surface area contributed by atoms with Crippen LogP contribution in [0.5, 0.6) is 5.75 Å². The van der Waals surface area contributed by atoms with Crippen LogP contribution in [0.4, 0.5) is 5.69 Å². The molecule has 2 aromatic rings. The number of hydrogen-bond donors (Lipinski definition) is 3. The molecule has 164 valence electrons. The molecule has 3 N–H and O–H groups in total. The molecule has 0 aromatic heterocycles. The zero-order valence-corrected chi connectivity index (χ0v) is 18.3. The van der Waals surface area contributed by atoms with Gasteiger partial charge < -0.3 is 20.7 Å². The molecule has 0 spiro atoms. The first-order valence-electron chi connectivity index (χ1n) is 10.1. The number of rotatable bonds is 9. The third-order valence-electron chi connectivity index (χ3n) is 4.67. The third kappa shape index (κ3) is 7.62. The second kappa shape index (κ2) is 11.5. The summed E-state index contributed by atoms with van der Waals surface area (Å²) >= 11 is 0. The predicted octanol–water partition coefficient (Wildman–Crippen LogP) is 3.44. The fraction of sp³-hybridized carbons (Fsp3) is 0.292.